The summed E-state index contributed by atoms with van der Waals surface area (Å²) in [7, 11) is -3.84. The van der Waals surface area contributed by atoms with Crippen LogP contribution in [0.3, 0.4) is 0 Å². The van der Waals surface area contributed by atoms with Crippen molar-refractivity contribution in [2.24, 2.45) is 5.73 Å². The van der Waals surface area contributed by atoms with Crippen LogP contribution in [0.5, 0.6) is 0 Å². The summed E-state index contributed by atoms with van der Waals surface area (Å²) in [5, 5.41) is 0. The topological polar surface area (TPSA) is 72.2 Å². The SMILES string of the molecule is CC1(CNS(=O)(=O)c2cc(CN)ccc2F)CCCS1. The molecule has 1 aliphatic heterocycles. The summed E-state index contributed by atoms with van der Waals surface area (Å²) in [5.74, 6) is 0.286. The second kappa shape index (κ2) is 6.01. The van der Waals surface area contributed by atoms with E-state index < -0.39 is 15.8 Å². The highest BCUT2D eigenvalue weighted by Crippen LogP contribution is 2.37. The second-order valence-corrected chi connectivity index (χ2v) is 8.61. The summed E-state index contributed by atoms with van der Waals surface area (Å²) < 4.78 is 40.6. The fourth-order valence-electron chi connectivity index (χ4n) is 2.18. The minimum absolute atomic E-state index is 0.102. The predicted molar refractivity (Wildman–Crippen MR) is 79.6 cm³/mol. The number of benzene rings is 1. The zero-order valence-electron chi connectivity index (χ0n) is 11.4. The number of halogens is 1. The summed E-state index contributed by atoms with van der Waals surface area (Å²) in [6.45, 7) is 2.52. The number of thioether (sulfide) groups is 1. The first-order valence-corrected chi connectivity index (χ1v) is 8.95. The molecule has 7 heteroatoms. The van der Waals surface area contributed by atoms with Crippen molar-refractivity contribution >= 4 is 21.8 Å². The van der Waals surface area contributed by atoms with Crippen LogP contribution in [0.1, 0.15) is 25.3 Å². The highest BCUT2D eigenvalue weighted by atomic mass is 32.2. The van der Waals surface area contributed by atoms with Crippen LogP contribution in [-0.2, 0) is 16.6 Å². The Morgan fingerprint density at radius 1 is 1.50 bits per heavy atom. The van der Waals surface area contributed by atoms with Gasteiger partial charge in [-0.2, -0.15) is 11.8 Å². The second-order valence-electron chi connectivity index (χ2n) is 5.20. The van der Waals surface area contributed by atoms with Crippen LogP contribution in [0.2, 0.25) is 0 Å². The van der Waals surface area contributed by atoms with Gasteiger partial charge in [0.05, 0.1) is 0 Å². The fraction of sp³-hybridized carbons (Fsp3) is 0.538. The molecule has 0 aromatic heterocycles. The molecule has 1 unspecified atom stereocenters. The third kappa shape index (κ3) is 3.52. The van der Waals surface area contributed by atoms with Crippen LogP contribution >= 0.6 is 11.8 Å². The molecule has 2 rings (SSSR count). The number of hydrogen-bond donors (Lipinski definition) is 2. The van der Waals surface area contributed by atoms with Crippen molar-refractivity contribution in [2.75, 3.05) is 12.3 Å². The van der Waals surface area contributed by atoms with E-state index in [1.165, 1.54) is 12.1 Å². The van der Waals surface area contributed by atoms with E-state index in [0.29, 0.717) is 12.1 Å². The molecule has 1 fully saturated rings. The molecular weight excluding hydrogens is 299 g/mol. The zero-order chi connectivity index (χ0) is 14.8. The molecule has 1 aromatic rings. The van der Waals surface area contributed by atoms with Crippen molar-refractivity contribution in [3.05, 3.63) is 29.6 Å². The van der Waals surface area contributed by atoms with Crippen LogP contribution in [-0.4, -0.2) is 25.5 Å². The summed E-state index contributed by atoms with van der Waals surface area (Å²) in [6.07, 6.45) is 2.05. The van der Waals surface area contributed by atoms with Gasteiger partial charge in [-0.3, -0.25) is 0 Å². The average molecular weight is 318 g/mol. The maximum absolute atomic E-state index is 13.7. The highest BCUT2D eigenvalue weighted by Gasteiger charge is 2.31. The van der Waals surface area contributed by atoms with Gasteiger partial charge in [0.1, 0.15) is 10.7 Å². The Labute approximate surface area is 123 Å². The van der Waals surface area contributed by atoms with Gasteiger partial charge in [-0.25, -0.2) is 17.5 Å². The predicted octanol–water partition coefficient (Wildman–Crippen LogP) is 1.85. The maximum Gasteiger partial charge on any atom is 0.243 e. The smallest absolute Gasteiger partial charge is 0.243 e. The first-order valence-electron chi connectivity index (χ1n) is 6.48. The van der Waals surface area contributed by atoms with Crippen molar-refractivity contribution in [3.63, 3.8) is 0 Å². The first kappa shape index (κ1) is 15.8. The van der Waals surface area contributed by atoms with E-state index in [2.05, 4.69) is 4.72 Å². The van der Waals surface area contributed by atoms with Crippen LogP contribution in [0.4, 0.5) is 4.39 Å². The van der Waals surface area contributed by atoms with Crippen molar-refractivity contribution in [1.82, 2.24) is 4.72 Å². The number of nitrogens with two attached hydrogens (primary N) is 1. The Kier molecular flexibility index (Phi) is 4.73. The number of sulfonamides is 1. The normalized spacial score (nSPS) is 23.1. The lowest BCUT2D eigenvalue weighted by Crippen LogP contribution is -2.37. The quantitative estimate of drug-likeness (QED) is 0.869. The average Bonchev–Trinajstić information content (AvgIpc) is 2.85. The molecule has 112 valence electrons. The van der Waals surface area contributed by atoms with Gasteiger partial charge in [0.25, 0.3) is 0 Å². The Morgan fingerprint density at radius 3 is 2.85 bits per heavy atom. The molecule has 1 heterocycles. The molecule has 1 aromatic carbocycles. The Morgan fingerprint density at radius 2 is 2.25 bits per heavy atom. The van der Waals surface area contributed by atoms with Crippen LogP contribution in [0.25, 0.3) is 0 Å². The summed E-state index contributed by atoms with van der Waals surface area (Å²) in [6, 6.07) is 3.92. The molecule has 4 nitrogen and oxygen atoms in total. The highest BCUT2D eigenvalue weighted by molar-refractivity contribution is 8.01. The van der Waals surface area contributed by atoms with Crippen molar-refractivity contribution in [1.29, 1.82) is 0 Å². The maximum atomic E-state index is 13.7. The largest absolute Gasteiger partial charge is 0.326 e. The molecule has 1 saturated heterocycles. The van der Waals surface area contributed by atoms with E-state index in [4.69, 9.17) is 5.73 Å². The molecule has 1 aliphatic rings. The number of nitrogens with one attached hydrogen (secondary N) is 1. The molecule has 20 heavy (non-hydrogen) atoms. The molecule has 1 atom stereocenters. The van der Waals surface area contributed by atoms with Gasteiger partial charge < -0.3 is 5.73 Å². The van der Waals surface area contributed by atoms with Crippen molar-refractivity contribution in [2.45, 2.75) is 36.0 Å². The van der Waals surface area contributed by atoms with Gasteiger partial charge >= 0.3 is 0 Å². The van der Waals surface area contributed by atoms with Gasteiger partial charge in [0, 0.05) is 17.8 Å². The lowest BCUT2D eigenvalue weighted by molar-refractivity contribution is 0.539. The van der Waals surface area contributed by atoms with Crippen LogP contribution < -0.4 is 10.5 Å². The molecular formula is C13H19FN2O2S2. The molecule has 0 aliphatic carbocycles. The van der Waals surface area contributed by atoms with E-state index in [-0.39, 0.29) is 16.2 Å². The Balaban J connectivity index is 2.17. The van der Waals surface area contributed by atoms with Gasteiger partial charge in [0.15, 0.2) is 0 Å². The van der Waals surface area contributed by atoms with Gasteiger partial charge in [0.2, 0.25) is 10.0 Å². The lowest BCUT2D eigenvalue weighted by Gasteiger charge is -2.22. The van der Waals surface area contributed by atoms with Crippen molar-refractivity contribution in [3.8, 4) is 0 Å². The van der Waals surface area contributed by atoms with Gasteiger partial charge in [-0.1, -0.05) is 6.07 Å². The van der Waals surface area contributed by atoms with E-state index in [1.807, 2.05) is 6.92 Å². The van der Waals surface area contributed by atoms with Gasteiger partial charge in [-0.15, -0.1) is 0 Å². The van der Waals surface area contributed by atoms with E-state index in [0.717, 1.165) is 24.7 Å². The van der Waals surface area contributed by atoms with E-state index in [1.54, 1.807) is 11.8 Å². The standard InChI is InChI=1S/C13H19FN2O2S2/c1-13(5-2-6-19-13)9-16-20(17,18)12-7-10(8-15)3-4-11(12)14/h3-4,7,16H,2,5-6,8-9,15H2,1H3. The minimum Gasteiger partial charge on any atom is -0.326 e. The fourth-order valence-corrected chi connectivity index (χ4v) is 4.81. The number of rotatable bonds is 5. The first-order chi connectivity index (χ1) is 9.36. The number of hydrogen-bond acceptors (Lipinski definition) is 4. The van der Waals surface area contributed by atoms with Crippen LogP contribution in [0.15, 0.2) is 23.1 Å². The molecule has 0 bridgehead atoms. The third-order valence-electron chi connectivity index (χ3n) is 3.46. The van der Waals surface area contributed by atoms with Crippen LogP contribution in [0, 0.1) is 5.82 Å². The lowest BCUT2D eigenvalue weighted by atomic mass is 10.1. The van der Waals surface area contributed by atoms with E-state index >= 15 is 0 Å². The molecule has 0 spiro atoms. The molecule has 0 saturated carbocycles. The summed E-state index contributed by atoms with van der Waals surface area (Å²) in [4.78, 5) is -0.327. The molecule has 3 N–H and O–H groups in total. The van der Waals surface area contributed by atoms with Gasteiger partial charge in [-0.05, 0) is 43.2 Å². The monoisotopic (exact) mass is 318 g/mol. The van der Waals surface area contributed by atoms with E-state index in [9.17, 15) is 12.8 Å². The minimum atomic E-state index is -3.84. The third-order valence-corrected chi connectivity index (χ3v) is 6.41. The van der Waals surface area contributed by atoms with Crippen molar-refractivity contribution < 1.29 is 12.8 Å². The Hall–Kier alpha value is -0.630. The Bertz CT molecular complexity index is 584. The summed E-state index contributed by atoms with van der Waals surface area (Å²) >= 11 is 1.75. The molecule has 0 amide bonds. The molecule has 0 radical (unpaired) electrons. The zero-order valence-corrected chi connectivity index (χ0v) is 13.0. The summed E-state index contributed by atoms with van der Waals surface area (Å²) in [5.41, 5.74) is 6.06.